The van der Waals surface area contributed by atoms with Crippen molar-refractivity contribution in [2.24, 2.45) is 0 Å². The Morgan fingerprint density at radius 2 is 1.83 bits per heavy atom. The number of carbonyl (C=O) groups is 1. The maximum Gasteiger partial charge on any atom is 0.237 e. The van der Waals surface area contributed by atoms with E-state index in [1.807, 2.05) is 51.1 Å². The van der Waals surface area contributed by atoms with Gasteiger partial charge in [-0.05, 0) is 78.4 Å². The summed E-state index contributed by atoms with van der Waals surface area (Å²) in [6.07, 6.45) is 1.02. The molecule has 0 bridgehead atoms. The molecule has 152 valence electrons. The van der Waals surface area contributed by atoms with Crippen molar-refractivity contribution in [2.45, 2.75) is 57.4 Å². The van der Waals surface area contributed by atoms with E-state index in [4.69, 9.17) is 0 Å². The predicted octanol–water partition coefficient (Wildman–Crippen LogP) is 4.91. The zero-order chi connectivity index (χ0) is 21.0. The van der Waals surface area contributed by atoms with Crippen LogP contribution in [-0.4, -0.2) is 31.4 Å². The molecule has 0 unspecified atom stereocenters. The first-order chi connectivity index (χ1) is 13.9. The lowest BCUT2D eigenvalue weighted by atomic mass is 9.97. The third kappa shape index (κ3) is 5.03. The fourth-order valence-electron chi connectivity index (χ4n) is 3.19. The first-order valence-corrected chi connectivity index (χ1v) is 10.7. The van der Waals surface area contributed by atoms with E-state index in [0.717, 1.165) is 34.5 Å². The Morgan fingerprint density at radius 1 is 1.14 bits per heavy atom. The summed E-state index contributed by atoms with van der Waals surface area (Å²) in [6.45, 7) is 10.3. The number of nitrogens with zero attached hydrogens (tertiary/aromatic N) is 4. The van der Waals surface area contributed by atoms with E-state index in [2.05, 4.69) is 46.8 Å². The summed E-state index contributed by atoms with van der Waals surface area (Å²) in [4.78, 5) is 12.8. The van der Waals surface area contributed by atoms with E-state index in [0.29, 0.717) is 11.1 Å². The van der Waals surface area contributed by atoms with Crippen molar-refractivity contribution in [1.82, 2.24) is 20.2 Å². The Kier molecular flexibility index (Phi) is 6.69. The van der Waals surface area contributed by atoms with Crippen molar-refractivity contribution in [3.8, 4) is 5.69 Å². The lowest BCUT2D eigenvalue weighted by molar-refractivity contribution is -0.115. The van der Waals surface area contributed by atoms with Crippen LogP contribution in [0, 0.1) is 13.8 Å². The summed E-state index contributed by atoms with van der Waals surface area (Å²) in [7, 11) is 0. The van der Waals surface area contributed by atoms with Crippen LogP contribution in [0.25, 0.3) is 5.69 Å². The normalized spacial score (nSPS) is 13.1. The molecule has 0 aliphatic heterocycles. The molecule has 1 aromatic heterocycles. The Balaban J connectivity index is 1.76. The summed E-state index contributed by atoms with van der Waals surface area (Å²) in [5.74, 6) is 0.312. The molecule has 1 N–H and O–H groups in total. The standard InChI is InChI=1S/C22H27N5OS/c1-6-16(4)19-9-7-8-10-20(19)23-21(28)17(5)29-22-24-25-26-27(22)18-12-14(2)11-15(3)13-18/h7-13,16-17H,6H2,1-5H3,(H,23,28)/t16-,17+/m0/s1. The average Bonchev–Trinajstić information content (AvgIpc) is 3.15. The number of anilines is 1. The topological polar surface area (TPSA) is 72.7 Å². The van der Waals surface area contributed by atoms with Gasteiger partial charge in [0.2, 0.25) is 11.1 Å². The van der Waals surface area contributed by atoms with Gasteiger partial charge in [0.25, 0.3) is 0 Å². The fraction of sp³-hybridized carbons (Fsp3) is 0.364. The highest BCUT2D eigenvalue weighted by molar-refractivity contribution is 8.00. The molecule has 0 aliphatic carbocycles. The molecule has 0 fully saturated rings. The molecule has 0 spiro atoms. The van der Waals surface area contributed by atoms with Gasteiger partial charge >= 0.3 is 0 Å². The van der Waals surface area contributed by atoms with Crippen LogP contribution in [-0.2, 0) is 4.79 Å². The van der Waals surface area contributed by atoms with E-state index in [-0.39, 0.29) is 11.2 Å². The average molecular weight is 410 g/mol. The van der Waals surface area contributed by atoms with Gasteiger partial charge in [0, 0.05) is 5.69 Å². The first-order valence-electron chi connectivity index (χ1n) is 9.82. The number of carbonyl (C=O) groups excluding carboxylic acids is 1. The maximum absolute atomic E-state index is 12.8. The van der Waals surface area contributed by atoms with E-state index in [1.54, 1.807) is 4.68 Å². The van der Waals surface area contributed by atoms with E-state index in [1.165, 1.54) is 11.8 Å². The zero-order valence-electron chi connectivity index (χ0n) is 17.5. The highest BCUT2D eigenvalue weighted by Gasteiger charge is 2.21. The lowest BCUT2D eigenvalue weighted by Crippen LogP contribution is -2.23. The number of tetrazole rings is 1. The summed E-state index contributed by atoms with van der Waals surface area (Å²) < 4.78 is 1.68. The summed E-state index contributed by atoms with van der Waals surface area (Å²) in [5, 5.41) is 15.4. The number of benzene rings is 2. The van der Waals surface area contributed by atoms with E-state index < -0.39 is 0 Å². The van der Waals surface area contributed by atoms with Crippen LogP contribution in [0.15, 0.2) is 47.6 Å². The monoisotopic (exact) mass is 409 g/mol. The molecule has 3 rings (SSSR count). The summed E-state index contributed by atoms with van der Waals surface area (Å²) in [5.41, 5.74) is 5.19. The van der Waals surface area contributed by atoms with Crippen molar-refractivity contribution in [2.75, 3.05) is 5.32 Å². The van der Waals surface area contributed by atoms with Gasteiger partial charge in [-0.1, -0.05) is 49.9 Å². The molecule has 2 aromatic carbocycles. The molecular weight excluding hydrogens is 382 g/mol. The number of nitrogens with one attached hydrogen (secondary N) is 1. The molecule has 0 saturated carbocycles. The first kappa shape index (κ1) is 21.0. The van der Waals surface area contributed by atoms with Gasteiger partial charge in [-0.15, -0.1) is 5.10 Å². The van der Waals surface area contributed by atoms with Crippen molar-refractivity contribution in [1.29, 1.82) is 0 Å². The number of hydrogen-bond donors (Lipinski definition) is 1. The SMILES string of the molecule is CC[C@H](C)c1ccccc1NC(=O)[C@@H](C)Sc1nnnn1-c1cc(C)cc(C)c1. The molecule has 0 saturated heterocycles. The van der Waals surface area contributed by atoms with Crippen LogP contribution in [0.5, 0.6) is 0 Å². The molecule has 7 heteroatoms. The molecule has 1 heterocycles. The zero-order valence-corrected chi connectivity index (χ0v) is 18.3. The number of hydrogen-bond acceptors (Lipinski definition) is 5. The molecule has 0 radical (unpaired) electrons. The van der Waals surface area contributed by atoms with E-state index in [9.17, 15) is 4.79 Å². The molecule has 2 atom stereocenters. The minimum Gasteiger partial charge on any atom is -0.325 e. The highest BCUT2D eigenvalue weighted by Crippen LogP contribution is 2.28. The number of aryl methyl sites for hydroxylation is 2. The Morgan fingerprint density at radius 3 is 2.52 bits per heavy atom. The summed E-state index contributed by atoms with van der Waals surface area (Å²) >= 11 is 1.35. The van der Waals surface area contributed by atoms with Crippen LogP contribution in [0.4, 0.5) is 5.69 Å². The van der Waals surface area contributed by atoms with Crippen LogP contribution < -0.4 is 5.32 Å². The van der Waals surface area contributed by atoms with Gasteiger partial charge in [0.05, 0.1) is 10.9 Å². The summed E-state index contributed by atoms with van der Waals surface area (Å²) in [6, 6.07) is 14.1. The third-order valence-electron chi connectivity index (χ3n) is 4.91. The van der Waals surface area contributed by atoms with Crippen LogP contribution >= 0.6 is 11.8 Å². The fourth-order valence-corrected chi connectivity index (χ4v) is 4.00. The van der Waals surface area contributed by atoms with Crippen molar-refractivity contribution in [3.05, 3.63) is 59.2 Å². The minimum absolute atomic E-state index is 0.0688. The van der Waals surface area contributed by atoms with Gasteiger partial charge in [-0.3, -0.25) is 4.79 Å². The van der Waals surface area contributed by atoms with Crippen molar-refractivity contribution < 1.29 is 4.79 Å². The smallest absolute Gasteiger partial charge is 0.237 e. The molecule has 29 heavy (non-hydrogen) atoms. The molecular formula is C22H27N5OS. The largest absolute Gasteiger partial charge is 0.325 e. The second-order valence-electron chi connectivity index (χ2n) is 7.37. The minimum atomic E-state index is -0.351. The lowest BCUT2D eigenvalue weighted by Gasteiger charge is -2.17. The third-order valence-corrected chi connectivity index (χ3v) is 5.94. The maximum atomic E-state index is 12.8. The predicted molar refractivity (Wildman–Crippen MR) is 118 cm³/mol. The number of aromatic nitrogens is 4. The molecule has 6 nitrogen and oxygen atoms in total. The molecule has 0 aliphatic rings. The van der Waals surface area contributed by atoms with Crippen molar-refractivity contribution >= 4 is 23.4 Å². The second-order valence-corrected chi connectivity index (χ2v) is 8.67. The quantitative estimate of drug-likeness (QED) is 0.561. The van der Waals surface area contributed by atoms with E-state index >= 15 is 0 Å². The van der Waals surface area contributed by atoms with Crippen LogP contribution in [0.2, 0.25) is 0 Å². The Labute approximate surface area is 176 Å². The van der Waals surface area contributed by atoms with Crippen LogP contribution in [0.1, 0.15) is 49.8 Å². The number of amides is 1. The highest BCUT2D eigenvalue weighted by atomic mass is 32.2. The van der Waals surface area contributed by atoms with Crippen molar-refractivity contribution in [3.63, 3.8) is 0 Å². The van der Waals surface area contributed by atoms with Crippen LogP contribution in [0.3, 0.4) is 0 Å². The Bertz CT molecular complexity index is 980. The number of thioether (sulfide) groups is 1. The van der Waals surface area contributed by atoms with Gasteiger partial charge in [-0.2, -0.15) is 4.68 Å². The molecule has 1 amide bonds. The second kappa shape index (κ2) is 9.22. The number of rotatable bonds is 7. The Hall–Kier alpha value is -2.67. The number of para-hydroxylation sites is 1. The van der Waals surface area contributed by atoms with Gasteiger partial charge in [0.15, 0.2) is 0 Å². The molecule has 3 aromatic rings. The van der Waals surface area contributed by atoms with Gasteiger partial charge in [-0.25, -0.2) is 0 Å². The van der Waals surface area contributed by atoms with Gasteiger partial charge < -0.3 is 5.32 Å². The van der Waals surface area contributed by atoms with Gasteiger partial charge in [0.1, 0.15) is 0 Å².